The van der Waals surface area contributed by atoms with Gasteiger partial charge in [-0.3, -0.25) is 0 Å². The van der Waals surface area contributed by atoms with Crippen LogP contribution in [0.2, 0.25) is 0 Å². The summed E-state index contributed by atoms with van der Waals surface area (Å²) in [6, 6.07) is 11.4. The summed E-state index contributed by atoms with van der Waals surface area (Å²) in [4.78, 5) is 8.11. The molecule has 0 aliphatic rings. The summed E-state index contributed by atoms with van der Waals surface area (Å²) < 4.78 is 0. The number of rotatable bonds is 2. The van der Waals surface area contributed by atoms with Gasteiger partial charge < -0.3 is 0 Å². The van der Waals surface area contributed by atoms with E-state index in [4.69, 9.17) is 10.5 Å². The number of nitriles is 2. The third kappa shape index (κ3) is 5.52. The Kier molecular flexibility index (Phi) is 6.90. The van der Waals surface area contributed by atoms with Gasteiger partial charge in [-0.25, -0.2) is 9.97 Å². The second-order valence-electron chi connectivity index (χ2n) is 5.88. The van der Waals surface area contributed by atoms with Crippen molar-refractivity contribution >= 4 is 0 Å². The van der Waals surface area contributed by atoms with E-state index in [9.17, 15) is 0 Å². The van der Waals surface area contributed by atoms with Crippen molar-refractivity contribution in [2.45, 2.75) is 46.5 Å². The van der Waals surface area contributed by atoms with Crippen molar-refractivity contribution in [1.82, 2.24) is 9.97 Å². The Morgan fingerprint density at radius 1 is 0.870 bits per heavy atom. The van der Waals surface area contributed by atoms with Crippen LogP contribution in [0.15, 0.2) is 30.5 Å². The van der Waals surface area contributed by atoms with Gasteiger partial charge in [0.15, 0.2) is 0 Å². The molecule has 0 aromatic carbocycles. The van der Waals surface area contributed by atoms with Crippen LogP contribution in [0.5, 0.6) is 0 Å². The molecule has 4 heteroatoms. The molecule has 0 amide bonds. The van der Waals surface area contributed by atoms with Gasteiger partial charge in [0, 0.05) is 11.9 Å². The van der Waals surface area contributed by atoms with E-state index < -0.39 is 0 Å². The molecular weight excluding hydrogens is 284 g/mol. The average molecular weight is 306 g/mol. The Bertz CT molecular complexity index is 717. The lowest BCUT2D eigenvalue weighted by Gasteiger charge is -2.07. The first-order valence-electron chi connectivity index (χ1n) is 7.62. The highest BCUT2D eigenvalue weighted by atomic mass is 14.7. The Morgan fingerprint density at radius 2 is 1.48 bits per heavy atom. The number of hydrogen-bond acceptors (Lipinski definition) is 4. The monoisotopic (exact) mass is 306 g/mol. The smallest absolute Gasteiger partial charge is 0.140 e. The van der Waals surface area contributed by atoms with Gasteiger partial charge in [-0.1, -0.05) is 39.8 Å². The van der Waals surface area contributed by atoms with E-state index in [1.54, 1.807) is 18.3 Å². The normalized spacial score (nSPS) is 9.78. The van der Waals surface area contributed by atoms with E-state index in [1.165, 1.54) is 11.1 Å². The first-order valence-corrected chi connectivity index (χ1v) is 7.62. The molecule has 4 nitrogen and oxygen atoms in total. The van der Waals surface area contributed by atoms with Crippen LogP contribution < -0.4 is 0 Å². The van der Waals surface area contributed by atoms with Gasteiger partial charge in [-0.15, -0.1) is 0 Å². The zero-order chi connectivity index (χ0) is 17.4. The Labute approximate surface area is 138 Å². The van der Waals surface area contributed by atoms with Crippen molar-refractivity contribution in [3.05, 3.63) is 58.7 Å². The lowest BCUT2D eigenvalue weighted by Crippen LogP contribution is -1.96. The van der Waals surface area contributed by atoms with E-state index in [1.807, 2.05) is 31.2 Å². The van der Waals surface area contributed by atoms with Crippen LogP contribution in [0.3, 0.4) is 0 Å². The van der Waals surface area contributed by atoms with Crippen LogP contribution in [-0.4, -0.2) is 9.97 Å². The van der Waals surface area contributed by atoms with Crippen LogP contribution in [0.25, 0.3) is 0 Å². The second-order valence-corrected chi connectivity index (χ2v) is 5.88. The van der Waals surface area contributed by atoms with Crippen LogP contribution >= 0.6 is 0 Å². The molecule has 0 fully saturated rings. The highest BCUT2D eigenvalue weighted by Crippen LogP contribution is 2.17. The largest absolute Gasteiger partial charge is 0.245 e. The minimum Gasteiger partial charge on any atom is -0.245 e. The molecule has 0 spiro atoms. The predicted molar refractivity (Wildman–Crippen MR) is 90.8 cm³/mol. The van der Waals surface area contributed by atoms with Crippen molar-refractivity contribution < 1.29 is 0 Å². The molecular formula is C19H22N4. The molecule has 0 N–H and O–H groups in total. The predicted octanol–water partition coefficient (Wildman–Crippen LogP) is 4.46. The minimum absolute atomic E-state index is 0.477. The molecule has 0 radical (unpaired) electrons. The third-order valence-corrected chi connectivity index (χ3v) is 3.43. The molecule has 23 heavy (non-hydrogen) atoms. The van der Waals surface area contributed by atoms with E-state index in [0.29, 0.717) is 23.2 Å². The maximum Gasteiger partial charge on any atom is 0.140 e. The molecule has 0 unspecified atom stereocenters. The van der Waals surface area contributed by atoms with Gasteiger partial charge in [-0.2, -0.15) is 10.5 Å². The summed E-state index contributed by atoms with van der Waals surface area (Å²) in [6.45, 7) is 10.4. The van der Waals surface area contributed by atoms with E-state index in [-0.39, 0.29) is 0 Å². The molecule has 2 heterocycles. The number of pyridine rings is 2. The topological polar surface area (TPSA) is 73.4 Å². The van der Waals surface area contributed by atoms with E-state index >= 15 is 0 Å². The van der Waals surface area contributed by atoms with Crippen LogP contribution in [0.4, 0.5) is 0 Å². The molecule has 0 bridgehead atoms. The first-order chi connectivity index (χ1) is 10.9. The van der Waals surface area contributed by atoms with Gasteiger partial charge in [0.1, 0.15) is 23.5 Å². The van der Waals surface area contributed by atoms with Gasteiger partial charge in [0.2, 0.25) is 0 Å². The summed E-state index contributed by atoms with van der Waals surface area (Å²) in [7, 11) is 0. The van der Waals surface area contributed by atoms with Gasteiger partial charge in [0.25, 0.3) is 0 Å². The number of nitrogens with zero attached hydrogens (tertiary/aromatic N) is 4. The fraction of sp³-hybridized carbons (Fsp3) is 0.368. The fourth-order valence-corrected chi connectivity index (χ4v) is 2.06. The highest BCUT2D eigenvalue weighted by Gasteiger charge is 2.04. The van der Waals surface area contributed by atoms with Crippen molar-refractivity contribution in [1.29, 1.82) is 10.5 Å². The Balaban J connectivity index is 0.000000231. The minimum atomic E-state index is 0.477. The Morgan fingerprint density at radius 3 is 1.87 bits per heavy atom. The standard InChI is InChI=1S/C10H12N2.C9H10N2/c1-7(2)10-5-4-9(6-11)12-8(10)3;1-7(2)8-3-4-9(5-10)11-6-8/h4-5,7H,1-3H3;3-4,6-7H,1-2H3. The van der Waals surface area contributed by atoms with Crippen molar-refractivity contribution in [3.8, 4) is 12.1 Å². The van der Waals surface area contributed by atoms with Crippen molar-refractivity contribution in [2.24, 2.45) is 0 Å². The number of aromatic nitrogens is 2. The van der Waals surface area contributed by atoms with E-state index in [2.05, 4.69) is 37.7 Å². The molecule has 2 aromatic rings. The lowest BCUT2D eigenvalue weighted by molar-refractivity contribution is 0.841. The van der Waals surface area contributed by atoms with Gasteiger partial charge in [0.05, 0.1) is 0 Å². The molecule has 0 saturated carbocycles. The maximum atomic E-state index is 8.58. The molecule has 0 aliphatic heterocycles. The highest BCUT2D eigenvalue weighted by molar-refractivity contribution is 5.30. The van der Waals surface area contributed by atoms with Gasteiger partial charge >= 0.3 is 0 Å². The molecule has 0 atom stereocenters. The third-order valence-electron chi connectivity index (χ3n) is 3.43. The van der Waals surface area contributed by atoms with Crippen LogP contribution in [0, 0.1) is 29.6 Å². The number of aryl methyl sites for hydroxylation is 1. The summed E-state index contributed by atoms with van der Waals surface area (Å²) in [6.07, 6.45) is 1.75. The summed E-state index contributed by atoms with van der Waals surface area (Å²) in [5.74, 6) is 0.959. The number of hydrogen-bond donors (Lipinski definition) is 0. The molecule has 0 aliphatic carbocycles. The van der Waals surface area contributed by atoms with Gasteiger partial charge in [-0.05, 0) is 42.0 Å². The quantitative estimate of drug-likeness (QED) is 0.821. The molecule has 118 valence electrons. The zero-order valence-electron chi connectivity index (χ0n) is 14.3. The van der Waals surface area contributed by atoms with Crippen LogP contribution in [-0.2, 0) is 0 Å². The molecule has 2 aromatic heterocycles. The average Bonchev–Trinajstić information content (AvgIpc) is 2.55. The molecule has 0 saturated heterocycles. The summed E-state index contributed by atoms with van der Waals surface area (Å²) in [5.41, 5.74) is 4.33. The lowest BCUT2D eigenvalue weighted by atomic mass is 10.0. The van der Waals surface area contributed by atoms with Crippen LogP contribution in [0.1, 0.15) is 67.7 Å². The van der Waals surface area contributed by atoms with Crippen molar-refractivity contribution in [3.63, 3.8) is 0 Å². The first kappa shape index (κ1) is 18.3. The molecule has 2 rings (SSSR count). The SMILES string of the molecule is CC(C)c1ccc(C#N)nc1.Cc1nc(C#N)ccc1C(C)C. The fourth-order valence-electron chi connectivity index (χ4n) is 2.06. The second kappa shape index (κ2) is 8.66. The van der Waals surface area contributed by atoms with E-state index in [0.717, 1.165) is 5.69 Å². The summed E-state index contributed by atoms with van der Waals surface area (Å²) in [5, 5.41) is 17.0. The summed E-state index contributed by atoms with van der Waals surface area (Å²) >= 11 is 0. The Hall–Kier alpha value is -2.72. The van der Waals surface area contributed by atoms with Crippen molar-refractivity contribution in [2.75, 3.05) is 0 Å². The maximum absolute atomic E-state index is 8.58. The zero-order valence-corrected chi connectivity index (χ0v) is 14.3.